The summed E-state index contributed by atoms with van der Waals surface area (Å²) < 4.78 is 5.20. The Labute approximate surface area is 148 Å². The fourth-order valence-corrected chi connectivity index (χ4v) is 3.43. The lowest BCUT2D eigenvalue weighted by Gasteiger charge is -2.05. The summed E-state index contributed by atoms with van der Waals surface area (Å²) in [6.07, 6.45) is 1.99. The van der Waals surface area contributed by atoms with Crippen molar-refractivity contribution in [2.24, 2.45) is 4.99 Å². The summed E-state index contributed by atoms with van der Waals surface area (Å²) in [6.45, 7) is 0. The van der Waals surface area contributed by atoms with Crippen molar-refractivity contribution in [3.63, 3.8) is 0 Å². The van der Waals surface area contributed by atoms with Crippen LogP contribution in [0, 0.1) is 0 Å². The first-order valence-corrected chi connectivity index (χ1v) is 8.77. The number of imidazole rings is 1. The molecule has 0 radical (unpaired) electrons. The van der Waals surface area contributed by atoms with Gasteiger partial charge in [-0.2, -0.15) is 0 Å². The van der Waals surface area contributed by atoms with Crippen LogP contribution in [0.4, 0.5) is 0 Å². The molecule has 6 heteroatoms. The molecule has 1 N–H and O–H groups in total. The number of nitrogens with one attached hydrogen (secondary N) is 1. The highest BCUT2D eigenvalue weighted by molar-refractivity contribution is 8.16. The van der Waals surface area contributed by atoms with Gasteiger partial charge in [0.1, 0.15) is 16.6 Å². The highest BCUT2D eigenvalue weighted by Gasteiger charge is 2.22. The second-order valence-corrected chi connectivity index (χ2v) is 6.50. The van der Waals surface area contributed by atoms with Crippen molar-refractivity contribution in [3.05, 3.63) is 59.9 Å². The highest BCUT2D eigenvalue weighted by atomic mass is 32.2. The average molecular weight is 349 g/mol. The van der Waals surface area contributed by atoms with Crippen LogP contribution in [-0.2, 0) is 4.79 Å². The number of carbonyl (C=O) groups excluding carboxylic acids is 1. The van der Waals surface area contributed by atoms with Crippen LogP contribution in [0.1, 0.15) is 11.4 Å². The molecule has 0 aliphatic carbocycles. The minimum atomic E-state index is -0.114. The van der Waals surface area contributed by atoms with E-state index in [1.165, 1.54) is 11.8 Å². The zero-order valence-electron chi connectivity index (χ0n) is 13.5. The molecule has 25 heavy (non-hydrogen) atoms. The number of thioether (sulfide) groups is 1. The molecule has 0 atom stereocenters. The van der Waals surface area contributed by atoms with Crippen molar-refractivity contribution in [1.82, 2.24) is 9.97 Å². The number of aromatic amines is 1. The van der Waals surface area contributed by atoms with Gasteiger partial charge in [0.2, 0.25) is 0 Å². The zero-order valence-corrected chi connectivity index (χ0v) is 14.3. The van der Waals surface area contributed by atoms with Gasteiger partial charge in [0.25, 0.3) is 5.91 Å². The summed E-state index contributed by atoms with van der Waals surface area (Å²) in [5, 5.41) is 0.694. The normalized spacial score (nSPS) is 14.8. The number of aliphatic imine (C=N–C) groups is 1. The van der Waals surface area contributed by atoms with E-state index in [2.05, 4.69) is 15.0 Å². The van der Waals surface area contributed by atoms with Crippen molar-refractivity contribution in [3.8, 4) is 5.75 Å². The van der Waals surface area contributed by atoms with E-state index < -0.39 is 0 Å². The summed E-state index contributed by atoms with van der Waals surface area (Å²) in [7, 11) is 1.64. The Bertz CT molecular complexity index is 970. The summed E-state index contributed by atoms with van der Waals surface area (Å²) in [5.74, 6) is 1.76. The van der Waals surface area contributed by atoms with E-state index in [9.17, 15) is 4.79 Å². The van der Waals surface area contributed by atoms with Gasteiger partial charge in [0, 0.05) is 0 Å². The molecule has 0 saturated carbocycles. The first-order chi connectivity index (χ1) is 12.2. The predicted molar refractivity (Wildman–Crippen MR) is 102 cm³/mol. The first-order valence-electron chi connectivity index (χ1n) is 7.78. The minimum Gasteiger partial charge on any atom is -0.497 e. The van der Waals surface area contributed by atoms with Gasteiger partial charge in [-0.1, -0.05) is 36.0 Å². The summed E-state index contributed by atoms with van der Waals surface area (Å²) in [4.78, 5) is 23.7. The predicted octanol–water partition coefficient (Wildman–Crippen LogP) is 3.78. The van der Waals surface area contributed by atoms with Crippen LogP contribution in [0.3, 0.4) is 0 Å². The molecule has 1 aliphatic heterocycles. The lowest BCUT2D eigenvalue weighted by Crippen LogP contribution is -1.97. The Balaban J connectivity index is 1.82. The molecule has 124 valence electrons. The van der Waals surface area contributed by atoms with E-state index in [4.69, 9.17) is 4.74 Å². The highest BCUT2D eigenvalue weighted by Crippen LogP contribution is 2.29. The quantitative estimate of drug-likeness (QED) is 0.778. The molecule has 1 amide bonds. The topological polar surface area (TPSA) is 67.3 Å². The van der Waals surface area contributed by atoms with Crippen molar-refractivity contribution < 1.29 is 9.53 Å². The Morgan fingerprint density at radius 2 is 2.00 bits per heavy atom. The van der Waals surface area contributed by atoms with Crippen molar-refractivity contribution in [1.29, 1.82) is 0 Å². The number of hydrogen-bond donors (Lipinski definition) is 1. The third-order valence-corrected chi connectivity index (χ3v) is 4.84. The molecule has 5 nitrogen and oxygen atoms in total. The number of fused-ring (bicyclic) bond motifs is 1. The Morgan fingerprint density at radius 1 is 1.20 bits per heavy atom. The molecule has 2 heterocycles. The molecular formula is C19H15N3O2S. The van der Waals surface area contributed by atoms with Crippen LogP contribution in [0.2, 0.25) is 0 Å². The van der Waals surface area contributed by atoms with Crippen LogP contribution in [0.5, 0.6) is 5.75 Å². The molecule has 2 aromatic carbocycles. The van der Waals surface area contributed by atoms with Gasteiger partial charge in [0.15, 0.2) is 0 Å². The molecule has 3 aromatic rings. The van der Waals surface area contributed by atoms with Crippen molar-refractivity contribution in [2.45, 2.75) is 0 Å². The van der Waals surface area contributed by atoms with Gasteiger partial charge in [-0.15, -0.1) is 0 Å². The molecule has 0 spiro atoms. The van der Waals surface area contributed by atoms with Crippen LogP contribution in [-0.4, -0.2) is 33.8 Å². The monoisotopic (exact) mass is 349 g/mol. The molecule has 0 bridgehead atoms. The second-order valence-electron chi connectivity index (χ2n) is 5.53. The number of hydrogen-bond acceptors (Lipinski definition) is 4. The average Bonchev–Trinajstić information content (AvgIpc) is 3.26. The molecule has 0 fully saturated rings. The number of aromatic nitrogens is 2. The summed E-state index contributed by atoms with van der Waals surface area (Å²) in [6, 6.07) is 15.6. The smallest absolute Gasteiger partial charge is 0.257 e. The summed E-state index contributed by atoms with van der Waals surface area (Å²) in [5.41, 5.74) is 3.64. The van der Waals surface area contributed by atoms with Crippen LogP contribution >= 0.6 is 11.8 Å². The SMILES string of the molecule is COc1ccc(/C=C(\C2=NC(=O)CS2)c2nc3ccccc3[nH]2)cc1. The third kappa shape index (κ3) is 3.21. The van der Waals surface area contributed by atoms with E-state index in [1.54, 1.807) is 7.11 Å². The zero-order chi connectivity index (χ0) is 17.2. The van der Waals surface area contributed by atoms with Crippen LogP contribution < -0.4 is 4.74 Å². The fourth-order valence-electron chi connectivity index (χ4n) is 2.62. The maximum atomic E-state index is 11.6. The minimum absolute atomic E-state index is 0.114. The second kappa shape index (κ2) is 6.57. The molecule has 4 rings (SSSR count). The molecule has 1 aromatic heterocycles. The van der Waals surface area contributed by atoms with Gasteiger partial charge in [-0.25, -0.2) is 9.98 Å². The number of amides is 1. The molecule has 0 saturated heterocycles. The standard InChI is InChI=1S/C19H15N3O2S/c1-24-13-8-6-12(7-9-13)10-14(19-22-17(23)11-25-19)18-20-15-4-2-3-5-16(15)21-18/h2-10H,11H2,1H3,(H,20,21)/b14-10-. The summed E-state index contributed by atoms with van der Waals surface area (Å²) >= 11 is 1.44. The number of H-pyrrole nitrogens is 1. The van der Waals surface area contributed by atoms with Crippen LogP contribution in [0.25, 0.3) is 22.7 Å². The van der Waals surface area contributed by atoms with Gasteiger partial charge in [-0.05, 0) is 35.9 Å². The number of carbonyl (C=O) groups is 1. The first kappa shape index (κ1) is 15.7. The lowest BCUT2D eigenvalue weighted by atomic mass is 10.1. The number of benzene rings is 2. The number of ether oxygens (including phenoxy) is 1. The fraction of sp³-hybridized carbons (Fsp3) is 0.105. The van der Waals surface area contributed by atoms with Crippen molar-refractivity contribution >= 4 is 45.4 Å². The molecule has 0 unspecified atom stereocenters. The number of para-hydroxylation sites is 2. The van der Waals surface area contributed by atoms with Gasteiger partial charge in [0.05, 0.1) is 29.5 Å². The Kier molecular flexibility index (Phi) is 4.11. The van der Waals surface area contributed by atoms with Crippen LogP contribution in [0.15, 0.2) is 53.5 Å². The number of nitrogens with zero attached hydrogens (tertiary/aromatic N) is 2. The molecular weight excluding hydrogens is 334 g/mol. The van der Waals surface area contributed by atoms with E-state index in [0.29, 0.717) is 16.6 Å². The van der Waals surface area contributed by atoms with Crippen molar-refractivity contribution in [2.75, 3.05) is 12.9 Å². The van der Waals surface area contributed by atoms with Gasteiger partial charge in [-0.3, -0.25) is 4.79 Å². The lowest BCUT2D eigenvalue weighted by molar-refractivity contribution is -0.115. The maximum Gasteiger partial charge on any atom is 0.257 e. The van der Waals surface area contributed by atoms with E-state index >= 15 is 0 Å². The largest absolute Gasteiger partial charge is 0.497 e. The van der Waals surface area contributed by atoms with Gasteiger partial charge >= 0.3 is 0 Å². The number of rotatable bonds is 4. The molecule has 1 aliphatic rings. The Hall–Kier alpha value is -2.86. The van der Waals surface area contributed by atoms with E-state index in [0.717, 1.165) is 27.9 Å². The third-order valence-electron chi connectivity index (χ3n) is 3.86. The maximum absolute atomic E-state index is 11.6. The van der Waals surface area contributed by atoms with E-state index in [-0.39, 0.29) is 5.91 Å². The van der Waals surface area contributed by atoms with Gasteiger partial charge < -0.3 is 9.72 Å². The van der Waals surface area contributed by atoms with E-state index in [1.807, 2.05) is 54.6 Å². The number of methoxy groups -OCH3 is 1. The Morgan fingerprint density at radius 3 is 2.68 bits per heavy atom.